The van der Waals surface area contributed by atoms with Gasteiger partial charge in [-0.15, -0.1) is 0 Å². The van der Waals surface area contributed by atoms with E-state index >= 15 is 0 Å². The number of hydrogen-bond donors (Lipinski definition) is 1. The van der Waals surface area contributed by atoms with Crippen LogP contribution >= 0.6 is 0 Å². The Labute approximate surface area is 120 Å². The predicted octanol–water partition coefficient (Wildman–Crippen LogP) is 3.14. The van der Waals surface area contributed by atoms with Crippen LogP contribution in [0.25, 0.3) is 22.2 Å². The first kappa shape index (κ1) is 14.2. The van der Waals surface area contributed by atoms with Crippen molar-refractivity contribution in [3.05, 3.63) is 58.5 Å². The average molecular weight is 309 g/mol. The Kier molecular flexibility index (Phi) is 3.16. The van der Waals surface area contributed by atoms with Crippen LogP contribution in [0.15, 0.2) is 41.6 Å². The summed E-state index contributed by atoms with van der Waals surface area (Å²) < 4.78 is 51.6. The first-order valence-corrected chi connectivity index (χ1v) is 6.07. The largest absolute Gasteiger partial charge is 0.417 e. The molecule has 3 aromatic rings. The fraction of sp³-hybridized carbons (Fsp3) is 0.0714. The highest BCUT2D eigenvalue weighted by Crippen LogP contribution is 2.30. The topological polar surface area (TPSA) is 58.6 Å². The standard InChI is InChI=1S/C14H7F4N3O/c15-10-3-9-12(20-6-21-13(9)22)4-8(10)11-2-1-7(5-19-11)14(16,17)18/h1-6H,(H,20,21,22). The van der Waals surface area contributed by atoms with Crippen LogP contribution in [0.3, 0.4) is 0 Å². The third kappa shape index (κ3) is 2.43. The maximum Gasteiger partial charge on any atom is 0.417 e. The van der Waals surface area contributed by atoms with Crippen molar-refractivity contribution in [2.45, 2.75) is 6.18 Å². The van der Waals surface area contributed by atoms with Gasteiger partial charge >= 0.3 is 6.18 Å². The first-order chi connectivity index (χ1) is 10.4. The van der Waals surface area contributed by atoms with Gasteiger partial charge in [0.1, 0.15) is 5.82 Å². The zero-order valence-corrected chi connectivity index (χ0v) is 10.8. The molecule has 0 saturated heterocycles. The molecule has 0 unspecified atom stereocenters. The van der Waals surface area contributed by atoms with E-state index in [9.17, 15) is 22.4 Å². The molecule has 8 heteroatoms. The Balaban J connectivity index is 2.14. The molecule has 0 amide bonds. The minimum atomic E-state index is -4.51. The zero-order valence-electron chi connectivity index (χ0n) is 10.8. The second kappa shape index (κ2) is 4.90. The van der Waals surface area contributed by atoms with E-state index in [1.165, 1.54) is 6.07 Å². The number of H-pyrrole nitrogens is 1. The molecule has 0 atom stereocenters. The zero-order chi connectivity index (χ0) is 15.9. The van der Waals surface area contributed by atoms with Crippen LogP contribution in [-0.4, -0.2) is 15.0 Å². The molecule has 112 valence electrons. The summed E-state index contributed by atoms with van der Waals surface area (Å²) in [5.74, 6) is -0.766. The number of pyridine rings is 1. The molecular weight excluding hydrogens is 302 g/mol. The van der Waals surface area contributed by atoms with Gasteiger partial charge in [-0.3, -0.25) is 9.78 Å². The second-order valence-corrected chi connectivity index (χ2v) is 4.51. The van der Waals surface area contributed by atoms with Crippen molar-refractivity contribution < 1.29 is 17.6 Å². The summed E-state index contributed by atoms with van der Waals surface area (Å²) in [4.78, 5) is 21.4. The highest BCUT2D eigenvalue weighted by atomic mass is 19.4. The van der Waals surface area contributed by atoms with Gasteiger partial charge in [0.25, 0.3) is 5.56 Å². The van der Waals surface area contributed by atoms with E-state index in [1.54, 1.807) is 0 Å². The predicted molar refractivity (Wildman–Crippen MR) is 70.6 cm³/mol. The Bertz CT molecular complexity index is 901. The molecule has 1 N–H and O–H groups in total. The summed E-state index contributed by atoms with van der Waals surface area (Å²) in [6.07, 6.45) is -2.72. The summed E-state index contributed by atoms with van der Waals surface area (Å²) in [5, 5.41) is 0.0515. The average Bonchev–Trinajstić information content (AvgIpc) is 2.47. The fourth-order valence-electron chi connectivity index (χ4n) is 2.01. The van der Waals surface area contributed by atoms with Crippen molar-refractivity contribution >= 4 is 10.9 Å². The molecule has 0 aliphatic rings. The van der Waals surface area contributed by atoms with E-state index in [2.05, 4.69) is 15.0 Å². The number of nitrogens with zero attached hydrogens (tertiary/aromatic N) is 2. The molecule has 0 spiro atoms. The van der Waals surface area contributed by atoms with E-state index in [1.807, 2.05) is 0 Å². The van der Waals surface area contributed by atoms with Crippen LogP contribution in [0.2, 0.25) is 0 Å². The van der Waals surface area contributed by atoms with Crippen molar-refractivity contribution in [1.29, 1.82) is 0 Å². The lowest BCUT2D eigenvalue weighted by atomic mass is 10.1. The summed E-state index contributed by atoms with van der Waals surface area (Å²) in [6.45, 7) is 0. The molecule has 0 aliphatic heterocycles. The summed E-state index contributed by atoms with van der Waals surface area (Å²) in [5.41, 5.74) is -1.21. The van der Waals surface area contributed by atoms with Gasteiger partial charge in [-0.05, 0) is 24.3 Å². The normalized spacial score (nSPS) is 11.8. The Hall–Kier alpha value is -2.77. The second-order valence-electron chi connectivity index (χ2n) is 4.51. The van der Waals surface area contributed by atoms with Gasteiger partial charge in [0.05, 0.1) is 28.5 Å². The molecule has 0 bridgehead atoms. The molecule has 0 aliphatic carbocycles. The Morgan fingerprint density at radius 1 is 1.09 bits per heavy atom. The molecule has 22 heavy (non-hydrogen) atoms. The van der Waals surface area contributed by atoms with Gasteiger partial charge in [0, 0.05) is 11.8 Å². The first-order valence-electron chi connectivity index (χ1n) is 6.07. The molecule has 2 aromatic heterocycles. The lowest BCUT2D eigenvalue weighted by Gasteiger charge is -2.08. The number of nitrogens with one attached hydrogen (secondary N) is 1. The van der Waals surface area contributed by atoms with Crippen LogP contribution in [-0.2, 0) is 6.18 Å². The monoisotopic (exact) mass is 309 g/mol. The van der Waals surface area contributed by atoms with Crippen molar-refractivity contribution in [2.75, 3.05) is 0 Å². The highest BCUT2D eigenvalue weighted by Gasteiger charge is 2.30. The maximum absolute atomic E-state index is 14.1. The summed E-state index contributed by atoms with van der Waals surface area (Å²) in [6, 6.07) is 4.14. The van der Waals surface area contributed by atoms with Crippen molar-refractivity contribution in [1.82, 2.24) is 15.0 Å². The summed E-state index contributed by atoms with van der Waals surface area (Å²) in [7, 11) is 0. The van der Waals surface area contributed by atoms with Crippen LogP contribution in [0.5, 0.6) is 0 Å². The molecule has 0 saturated carbocycles. The van der Waals surface area contributed by atoms with Crippen molar-refractivity contribution in [3.8, 4) is 11.3 Å². The van der Waals surface area contributed by atoms with Gasteiger partial charge in [0.15, 0.2) is 0 Å². The van der Waals surface area contributed by atoms with Crippen LogP contribution < -0.4 is 5.56 Å². The number of hydrogen-bond acceptors (Lipinski definition) is 3. The van der Waals surface area contributed by atoms with Gasteiger partial charge in [-0.25, -0.2) is 9.37 Å². The van der Waals surface area contributed by atoms with Crippen LogP contribution in [0, 0.1) is 5.82 Å². The van der Waals surface area contributed by atoms with E-state index in [0.29, 0.717) is 6.20 Å². The van der Waals surface area contributed by atoms with E-state index in [-0.39, 0.29) is 22.2 Å². The lowest BCUT2D eigenvalue weighted by molar-refractivity contribution is -0.137. The van der Waals surface area contributed by atoms with Gasteiger partial charge in [-0.1, -0.05) is 0 Å². The Morgan fingerprint density at radius 3 is 2.50 bits per heavy atom. The van der Waals surface area contributed by atoms with Gasteiger partial charge in [-0.2, -0.15) is 13.2 Å². The minimum Gasteiger partial charge on any atom is -0.313 e. The number of rotatable bonds is 1. The van der Waals surface area contributed by atoms with E-state index in [0.717, 1.165) is 24.5 Å². The molecule has 0 fully saturated rings. The Morgan fingerprint density at radius 2 is 1.86 bits per heavy atom. The van der Waals surface area contributed by atoms with Gasteiger partial charge in [0.2, 0.25) is 0 Å². The van der Waals surface area contributed by atoms with Crippen LogP contribution in [0.4, 0.5) is 17.6 Å². The van der Waals surface area contributed by atoms with Gasteiger partial charge < -0.3 is 4.98 Å². The van der Waals surface area contributed by atoms with E-state index < -0.39 is 23.1 Å². The number of aromatic nitrogens is 3. The molecular formula is C14H7F4N3O. The smallest absolute Gasteiger partial charge is 0.313 e. The number of halogens is 4. The van der Waals surface area contributed by atoms with E-state index in [4.69, 9.17) is 0 Å². The number of alkyl halides is 3. The molecule has 3 rings (SSSR count). The third-order valence-corrected chi connectivity index (χ3v) is 3.10. The van der Waals surface area contributed by atoms with Crippen molar-refractivity contribution in [3.63, 3.8) is 0 Å². The maximum atomic E-state index is 14.1. The minimum absolute atomic E-state index is 0.0227. The number of fused-ring (bicyclic) bond motifs is 1. The number of benzene rings is 1. The van der Waals surface area contributed by atoms with Crippen LogP contribution in [0.1, 0.15) is 5.56 Å². The molecule has 4 nitrogen and oxygen atoms in total. The quantitative estimate of drug-likeness (QED) is 0.703. The molecule has 1 aromatic carbocycles. The highest BCUT2D eigenvalue weighted by molar-refractivity contribution is 5.83. The molecule has 0 radical (unpaired) electrons. The molecule has 2 heterocycles. The lowest BCUT2D eigenvalue weighted by Crippen LogP contribution is -2.07. The SMILES string of the molecule is O=c1[nH]cnc2cc(-c3ccc(C(F)(F)F)cn3)c(F)cc12. The third-order valence-electron chi connectivity index (χ3n) is 3.10. The van der Waals surface area contributed by atoms with Crippen molar-refractivity contribution in [2.24, 2.45) is 0 Å². The summed E-state index contributed by atoms with van der Waals surface area (Å²) >= 11 is 0. The number of aromatic amines is 1. The fourth-order valence-corrected chi connectivity index (χ4v) is 2.01.